The largest absolute Gasteiger partial charge is 0.467 e. The fraction of sp³-hybridized carbons (Fsp3) is 0.286. The minimum absolute atomic E-state index is 0.108. The summed E-state index contributed by atoms with van der Waals surface area (Å²) in [7, 11) is 1.21. The van der Waals surface area contributed by atoms with Gasteiger partial charge in [-0.1, -0.05) is 0 Å². The van der Waals surface area contributed by atoms with Gasteiger partial charge in [-0.3, -0.25) is 14.9 Å². The van der Waals surface area contributed by atoms with E-state index in [9.17, 15) is 19.7 Å². The molecule has 0 saturated carbocycles. The summed E-state index contributed by atoms with van der Waals surface area (Å²) in [6.45, 7) is 2.76. The standard InChI is InChI=1S/C14H15N3O5/c1-8(18)16-14(2,13(19)22-3)11-7-15-12-5-4-9(17(20)21)6-10(11)12/h4-7,15H,1-3H3,(H,16,18). The quantitative estimate of drug-likeness (QED) is 0.506. The Morgan fingerprint density at radius 2 is 2.09 bits per heavy atom. The topological polar surface area (TPSA) is 114 Å². The van der Waals surface area contributed by atoms with Crippen LogP contribution in [-0.4, -0.2) is 28.9 Å². The third-order valence-corrected chi connectivity index (χ3v) is 3.43. The van der Waals surface area contributed by atoms with Crippen LogP contribution in [0.2, 0.25) is 0 Å². The van der Waals surface area contributed by atoms with Crippen molar-refractivity contribution in [2.45, 2.75) is 19.4 Å². The van der Waals surface area contributed by atoms with Crippen LogP contribution in [0.4, 0.5) is 5.69 Å². The van der Waals surface area contributed by atoms with Gasteiger partial charge in [-0.25, -0.2) is 4.79 Å². The number of aromatic nitrogens is 1. The maximum absolute atomic E-state index is 12.1. The van der Waals surface area contributed by atoms with E-state index in [1.165, 1.54) is 39.3 Å². The maximum atomic E-state index is 12.1. The summed E-state index contributed by atoms with van der Waals surface area (Å²) in [5.41, 5.74) is -0.550. The summed E-state index contributed by atoms with van der Waals surface area (Å²) >= 11 is 0. The normalized spacial score (nSPS) is 13.4. The number of nitrogens with zero attached hydrogens (tertiary/aromatic N) is 1. The number of hydrogen-bond donors (Lipinski definition) is 2. The Hall–Kier alpha value is -2.90. The SMILES string of the molecule is COC(=O)C(C)(NC(C)=O)c1c[nH]c2ccc([N+](=O)[O-])cc12. The number of rotatable bonds is 4. The van der Waals surface area contributed by atoms with E-state index in [1.807, 2.05) is 0 Å². The van der Waals surface area contributed by atoms with Crippen LogP contribution in [-0.2, 0) is 19.9 Å². The minimum Gasteiger partial charge on any atom is -0.467 e. The fourth-order valence-corrected chi connectivity index (χ4v) is 2.42. The zero-order valence-corrected chi connectivity index (χ0v) is 12.3. The van der Waals surface area contributed by atoms with Crippen molar-refractivity contribution in [2.24, 2.45) is 0 Å². The highest BCUT2D eigenvalue weighted by atomic mass is 16.6. The molecule has 0 fully saturated rings. The number of carbonyl (C=O) groups excluding carboxylic acids is 2. The smallest absolute Gasteiger partial charge is 0.336 e. The van der Waals surface area contributed by atoms with Gasteiger partial charge in [0.15, 0.2) is 5.54 Å². The number of non-ortho nitro benzene ring substituents is 1. The summed E-state index contributed by atoms with van der Waals surface area (Å²) in [6.07, 6.45) is 1.53. The molecular weight excluding hydrogens is 290 g/mol. The predicted molar refractivity (Wildman–Crippen MR) is 78.1 cm³/mol. The Morgan fingerprint density at radius 1 is 1.41 bits per heavy atom. The molecule has 0 saturated heterocycles. The second kappa shape index (κ2) is 5.47. The first-order valence-corrected chi connectivity index (χ1v) is 6.42. The second-order valence-corrected chi connectivity index (χ2v) is 4.99. The number of nitro groups is 1. The highest BCUT2D eigenvalue weighted by Gasteiger charge is 2.39. The molecule has 8 nitrogen and oxygen atoms in total. The number of nitro benzene ring substituents is 1. The predicted octanol–water partition coefficient (Wildman–Crippen LogP) is 1.60. The van der Waals surface area contributed by atoms with Crippen molar-refractivity contribution in [1.29, 1.82) is 0 Å². The van der Waals surface area contributed by atoms with Crippen LogP contribution in [0, 0.1) is 10.1 Å². The van der Waals surface area contributed by atoms with Crippen molar-refractivity contribution < 1.29 is 19.2 Å². The highest BCUT2D eigenvalue weighted by molar-refractivity contribution is 5.95. The zero-order chi connectivity index (χ0) is 16.5. The number of methoxy groups -OCH3 is 1. The van der Waals surface area contributed by atoms with E-state index in [-0.39, 0.29) is 5.69 Å². The molecule has 1 aromatic carbocycles. The molecule has 2 N–H and O–H groups in total. The van der Waals surface area contributed by atoms with Gasteiger partial charge in [0.25, 0.3) is 5.69 Å². The van der Waals surface area contributed by atoms with Crippen molar-refractivity contribution in [1.82, 2.24) is 10.3 Å². The Balaban J connectivity index is 2.68. The van der Waals surface area contributed by atoms with E-state index < -0.39 is 22.3 Å². The number of fused-ring (bicyclic) bond motifs is 1. The molecule has 1 amide bonds. The van der Waals surface area contributed by atoms with Gasteiger partial charge in [-0.15, -0.1) is 0 Å². The molecule has 8 heteroatoms. The molecule has 0 aliphatic carbocycles. The van der Waals surface area contributed by atoms with Crippen LogP contribution in [0.1, 0.15) is 19.4 Å². The van der Waals surface area contributed by atoms with E-state index in [4.69, 9.17) is 4.74 Å². The van der Waals surface area contributed by atoms with Crippen molar-refractivity contribution in [3.8, 4) is 0 Å². The maximum Gasteiger partial charge on any atom is 0.336 e. The lowest BCUT2D eigenvalue weighted by atomic mass is 9.91. The van der Waals surface area contributed by atoms with E-state index in [0.29, 0.717) is 16.5 Å². The monoisotopic (exact) mass is 305 g/mol. The molecular formula is C14H15N3O5. The highest BCUT2D eigenvalue weighted by Crippen LogP contribution is 2.32. The van der Waals surface area contributed by atoms with Crippen LogP contribution in [0.3, 0.4) is 0 Å². The number of amides is 1. The number of hydrogen-bond acceptors (Lipinski definition) is 5. The van der Waals surface area contributed by atoms with Crippen LogP contribution >= 0.6 is 0 Å². The minimum atomic E-state index is -1.45. The Morgan fingerprint density at radius 3 is 2.64 bits per heavy atom. The summed E-state index contributed by atoms with van der Waals surface area (Å²) in [6, 6.07) is 4.25. The number of carbonyl (C=O) groups is 2. The summed E-state index contributed by atoms with van der Waals surface area (Å²) in [5.74, 6) is -1.09. The van der Waals surface area contributed by atoms with Gasteiger partial charge in [0.2, 0.25) is 5.91 Å². The van der Waals surface area contributed by atoms with Crippen molar-refractivity contribution in [2.75, 3.05) is 7.11 Å². The molecule has 1 unspecified atom stereocenters. The van der Waals surface area contributed by atoms with Crippen LogP contribution < -0.4 is 5.32 Å². The van der Waals surface area contributed by atoms with Gasteiger partial charge < -0.3 is 15.0 Å². The Kier molecular flexibility index (Phi) is 3.85. The molecule has 1 heterocycles. The summed E-state index contributed by atoms with van der Waals surface area (Å²) in [5, 5.41) is 13.9. The summed E-state index contributed by atoms with van der Waals surface area (Å²) in [4.78, 5) is 36.9. The van der Waals surface area contributed by atoms with E-state index in [0.717, 1.165) is 0 Å². The van der Waals surface area contributed by atoms with Gasteiger partial charge in [0.1, 0.15) is 0 Å². The van der Waals surface area contributed by atoms with Gasteiger partial charge >= 0.3 is 5.97 Å². The van der Waals surface area contributed by atoms with Gasteiger partial charge in [0.05, 0.1) is 12.0 Å². The number of H-pyrrole nitrogens is 1. The van der Waals surface area contributed by atoms with Crippen molar-refractivity contribution in [3.05, 3.63) is 40.1 Å². The fourth-order valence-electron chi connectivity index (χ4n) is 2.42. The molecule has 0 aliphatic rings. The lowest BCUT2D eigenvalue weighted by Crippen LogP contribution is -2.49. The molecule has 0 bridgehead atoms. The molecule has 2 aromatic rings. The second-order valence-electron chi connectivity index (χ2n) is 4.99. The molecule has 2 rings (SSSR count). The first-order chi connectivity index (χ1) is 10.3. The molecule has 1 aromatic heterocycles. The molecule has 0 aliphatic heterocycles. The number of aromatic amines is 1. The van der Waals surface area contributed by atoms with Gasteiger partial charge in [-0.2, -0.15) is 0 Å². The lowest BCUT2D eigenvalue weighted by molar-refractivity contribution is -0.384. The van der Waals surface area contributed by atoms with Crippen LogP contribution in [0.15, 0.2) is 24.4 Å². The molecule has 0 radical (unpaired) electrons. The van der Waals surface area contributed by atoms with E-state index >= 15 is 0 Å². The van der Waals surface area contributed by atoms with Crippen LogP contribution in [0.25, 0.3) is 10.9 Å². The first kappa shape index (κ1) is 15.5. The number of benzene rings is 1. The number of nitrogens with one attached hydrogen (secondary N) is 2. The van der Waals surface area contributed by atoms with Gasteiger partial charge in [0, 0.05) is 41.7 Å². The van der Waals surface area contributed by atoms with E-state index in [1.54, 1.807) is 6.07 Å². The molecule has 1 atom stereocenters. The first-order valence-electron chi connectivity index (χ1n) is 6.42. The van der Waals surface area contributed by atoms with Crippen molar-refractivity contribution >= 4 is 28.5 Å². The third kappa shape index (κ3) is 2.50. The number of esters is 1. The molecule has 22 heavy (non-hydrogen) atoms. The molecule has 0 spiro atoms. The summed E-state index contributed by atoms with van der Waals surface area (Å²) < 4.78 is 4.77. The van der Waals surface area contributed by atoms with E-state index in [2.05, 4.69) is 10.3 Å². The Bertz CT molecular complexity index is 767. The number of ether oxygens (including phenoxy) is 1. The molecule has 116 valence electrons. The average molecular weight is 305 g/mol. The lowest BCUT2D eigenvalue weighted by Gasteiger charge is -2.27. The zero-order valence-electron chi connectivity index (χ0n) is 12.3. The Labute approximate surface area is 125 Å². The van der Waals surface area contributed by atoms with Gasteiger partial charge in [-0.05, 0) is 13.0 Å². The average Bonchev–Trinajstić information content (AvgIpc) is 2.88. The van der Waals surface area contributed by atoms with Crippen LogP contribution in [0.5, 0.6) is 0 Å². The van der Waals surface area contributed by atoms with Crippen molar-refractivity contribution in [3.63, 3.8) is 0 Å². The third-order valence-electron chi connectivity index (χ3n) is 3.43.